The van der Waals surface area contributed by atoms with Crippen molar-refractivity contribution in [2.75, 3.05) is 5.32 Å². The van der Waals surface area contributed by atoms with Crippen molar-refractivity contribution in [3.05, 3.63) is 57.4 Å². The van der Waals surface area contributed by atoms with Crippen molar-refractivity contribution in [2.45, 2.75) is 0 Å². The van der Waals surface area contributed by atoms with Crippen LogP contribution < -0.4 is 5.32 Å². The number of rotatable bonds is 2. The summed E-state index contributed by atoms with van der Waals surface area (Å²) in [5.41, 5.74) is 0.725. The van der Waals surface area contributed by atoms with Gasteiger partial charge in [0.05, 0.1) is 11.3 Å². The summed E-state index contributed by atoms with van der Waals surface area (Å²) in [5.74, 6) is -1.45. The average molecular weight is 360 g/mol. The molecule has 92 valence electrons. The largest absolute Gasteiger partial charge is 0.321 e. The van der Waals surface area contributed by atoms with E-state index in [1.807, 2.05) is 22.6 Å². The van der Waals surface area contributed by atoms with Crippen molar-refractivity contribution in [1.29, 1.82) is 0 Å². The van der Waals surface area contributed by atoms with Gasteiger partial charge in [-0.25, -0.2) is 9.37 Å². The molecule has 0 aliphatic heterocycles. The number of hydrogen-bond acceptors (Lipinski definition) is 2. The topological polar surface area (TPSA) is 42.0 Å². The lowest BCUT2D eigenvalue weighted by molar-refractivity contribution is 0.102. The molecule has 0 saturated carbocycles. The molecule has 3 nitrogen and oxygen atoms in total. The van der Waals surface area contributed by atoms with E-state index in [-0.39, 0.29) is 11.4 Å². The minimum Gasteiger partial charge on any atom is -0.321 e. The molecular formula is C12H7F2IN2O. The second-order valence-electron chi connectivity index (χ2n) is 3.45. The molecule has 1 N–H and O–H groups in total. The van der Waals surface area contributed by atoms with E-state index in [0.717, 1.165) is 12.3 Å². The molecule has 2 rings (SSSR count). The van der Waals surface area contributed by atoms with Gasteiger partial charge in [0.25, 0.3) is 5.91 Å². The third-order valence-electron chi connectivity index (χ3n) is 2.17. The van der Waals surface area contributed by atoms with E-state index in [4.69, 9.17) is 0 Å². The number of pyridine rings is 1. The van der Waals surface area contributed by atoms with Crippen LogP contribution in [0.5, 0.6) is 0 Å². The van der Waals surface area contributed by atoms with E-state index in [1.165, 1.54) is 24.3 Å². The third-order valence-corrected chi connectivity index (χ3v) is 3.06. The minimum atomic E-state index is -0.650. The molecule has 0 unspecified atom stereocenters. The predicted molar refractivity (Wildman–Crippen MR) is 71.3 cm³/mol. The van der Waals surface area contributed by atoms with Gasteiger partial charge in [-0.15, -0.1) is 0 Å². The maximum Gasteiger partial charge on any atom is 0.257 e. The summed E-state index contributed by atoms with van der Waals surface area (Å²) in [6.45, 7) is 0. The van der Waals surface area contributed by atoms with Gasteiger partial charge in [0.2, 0.25) is 5.95 Å². The molecule has 0 fully saturated rings. The molecule has 1 aromatic carbocycles. The molecular weight excluding hydrogens is 353 g/mol. The van der Waals surface area contributed by atoms with Crippen LogP contribution in [0.3, 0.4) is 0 Å². The van der Waals surface area contributed by atoms with Crippen LogP contribution in [0, 0.1) is 15.3 Å². The fraction of sp³-hybridized carbons (Fsp3) is 0. The standard InChI is InChI=1S/C12H7F2IN2O/c13-8-2-3-10(9(15)5-8)17-12(18)7-1-4-11(14)16-6-7/h1-6H,(H,17,18). The van der Waals surface area contributed by atoms with E-state index < -0.39 is 11.9 Å². The molecule has 1 aromatic heterocycles. The summed E-state index contributed by atoms with van der Waals surface area (Å²) < 4.78 is 26.1. The molecule has 0 spiro atoms. The van der Waals surface area contributed by atoms with Crippen LogP contribution in [-0.4, -0.2) is 10.9 Å². The molecule has 1 amide bonds. The third kappa shape index (κ3) is 3.00. The Hall–Kier alpha value is -1.57. The second kappa shape index (κ2) is 5.38. The Kier molecular flexibility index (Phi) is 3.85. The van der Waals surface area contributed by atoms with E-state index in [1.54, 1.807) is 0 Å². The number of nitrogens with one attached hydrogen (secondary N) is 1. The molecule has 0 aliphatic carbocycles. The van der Waals surface area contributed by atoms with Crippen LogP contribution >= 0.6 is 22.6 Å². The molecule has 2 aromatic rings. The highest BCUT2D eigenvalue weighted by molar-refractivity contribution is 14.1. The Balaban J connectivity index is 2.18. The van der Waals surface area contributed by atoms with E-state index >= 15 is 0 Å². The number of carbonyl (C=O) groups excluding carboxylic acids is 1. The first-order valence-electron chi connectivity index (χ1n) is 4.94. The number of nitrogens with zero attached hydrogens (tertiary/aromatic N) is 1. The lowest BCUT2D eigenvalue weighted by Crippen LogP contribution is -2.13. The highest BCUT2D eigenvalue weighted by atomic mass is 127. The van der Waals surface area contributed by atoms with Crippen molar-refractivity contribution in [3.8, 4) is 0 Å². The number of carbonyl (C=O) groups is 1. The van der Waals surface area contributed by atoms with Crippen molar-refractivity contribution in [1.82, 2.24) is 4.98 Å². The van der Waals surface area contributed by atoms with Gasteiger partial charge in [-0.1, -0.05) is 0 Å². The summed E-state index contributed by atoms with van der Waals surface area (Å²) in [4.78, 5) is 15.2. The fourth-order valence-corrected chi connectivity index (χ4v) is 1.91. The SMILES string of the molecule is O=C(Nc1ccc(F)cc1I)c1ccc(F)nc1. The van der Waals surface area contributed by atoms with Gasteiger partial charge >= 0.3 is 0 Å². The molecule has 6 heteroatoms. The van der Waals surface area contributed by atoms with Crippen LogP contribution in [0.25, 0.3) is 0 Å². The van der Waals surface area contributed by atoms with Gasteiger partial charge in [0.1, 0.15) is 5.82 Å². The Morgan fingerprint density at radius 1 is 1.22 bits per heavy atom. The first-order chi connectivity index (χ1) is 8.56. The zero-order valence-electron chi connectivity index (χ0n) is 8.95. The molecule has 0 bridgehead atoms. The molecule has 0 aliphatic rings. The summed E-state index contributed by atoms with van der Waals surface area (Å²) in [6.07, 6.45) is 1.14. The quantitative estimate of drug-likeness (QED) is 0.660. The van der Waals surface area contributed by atoms with Crippen LogP contribution in [0.2, 0.25) is 0 Å². The number of amides is 1. The molecule has 0 atom stereocenters. The number of hydrogen-bond donors (Lipinski definition) is 1. The molecule has 18 heavy (non-hydrogen) atoms. The molecule has 0 radical (unpaired) electrons. The number of halogens is 3. The maximum atomic E-state index is 12.9. The predicted octanol–water partition coefficient (Wildman–Crippen LogP) is 3.22. The highest BCUT2D eigenvalue weighted by Gasteiger charge is 2.09. The van der Waals surface area contributed by atoms with Crippen LogP contribution in [0.15, 0.2) is 36.5 Å². The summed E-state index contributed by atoms with van der Waals surface area (Å²) >= 11 is 1.91. The van der Waals surface area contributed by atoms with Crippen LogP contribution in [0.1, 0.15) is 10.4 Å². The number of anilines is 1. The lowest BCUT2D eigenvalue weighted by Gasteiger charge is -2.07. The minimum absolute atomic E-state index is 0.233. The maximum absolute atomic E-state index is 12.9. The van der Waals surface area contributed by atoms with Crippen molar-refractivity contribution in [2.24, 2.45) is 0 Å². The summed E-state index contributed by atoms with van der Waals surface area (Å²) in [7, 11) is 0. The first-order valence-corrected chi connectivity index (χ1v) is 6.02. The van der Waals surface area contributed by atoms with Crippen LogP contribution in [0.4, 0.5) is 14.5 Å². The monoisotopic (exact) mass is 360 g/mol. The highest BCUT2D eigenvalue weighted by Crippen LogP contribution is 2.19. The van der Waals surface area contributed by atoms with Crippen molar-refractivity contribution in [3.63, 3.8) is 0 Å². The Morgan fingerprint density at radius 2 is 2.00 bits per heavy atom. The zero-order chi connectivity index (χ0) is 13.1. The summed E-state index contributed by atoms with van der Waals surface area (Å²) in [6, 6.07) is 6.45. The Labute approximate surface area is 115 Å². The average Bonchev–Trinajstić information content (AvgIpc) is 2.33. The van der Waals surface area contributed by atoms with E-state index in [2.05, 4.69) is 10.3 Å². The fourth-order valence-electron chi connectivity index (χ4n) is 1.30. The Bertz CT molecular complexity index is 587. The normalized spacial score (nSPS) is 10.2. The van der Waals surface area contributed by atoms with Crippen molar-refractivity contribution >= 4 is 34.2 Å². The first kappa shape index (κ1) is 12.9. The van der Waals surface area contributed by atoms with Gasteiger partial charge < -0.3 is 5.32 Å². The smallest absolute Gasteiger partial charge is 0.257 e. The van der Waals surface area contributed by atoms with Gasteiger partial charge in [0, 0.05) is 9.77 Å². The van der Waals surface area contributed by atoms with Crippen LogP contribution in [-0.2, 0) is 0 Å². The molecule has 0 saturated heterocycles. The molecule has 1 heterocycles. The number of benzene rings is 1. The number of aromatic nitrogens is 1. The zero-order valence-corrected chi connectivity index (χ0v) is 11.1. The van der Waals surface area contributed by atoms with Gasteiger partial charge in [-0.3, -0.25) is 4.79 Å². The summed E-state index contributed by atoms with van der Waals surface area (Å²) in [5, 5.41) is 2.60. The van der Waals surface area contributed by atoms with E-state index in [9.17, 15) is 13.6 Å². The lowest BCUT2D eigenvalue weighted by atomic mass is 10.2. The van der Waals surface area contributed by atoms with Crippen molar-refractivity contribution < 1.29 is 13.6 Å². The van der Waals surface area contributed by atoms with E-state index in [0.29, 0.717) is 9.26 Å². The second-order valence-corrected chi connectivity index (χ2v) is 4.61. The Morgan fingerprint density at radius 3 is 2.61 bits per heavy atom. The van der Waals surface area contributed by atoms with Gasteiger partial charge in [-0.05, 0) is 52.9 Å². The van der Waals surface area contributed by atoms with Gasteiger partial charge in [0.15, 0.2) is 0 Å². The van der Waals surface area contributed by atoms with Gasteiger partial charge in [-0.2, -0.15) is 4.39 Å².